The van der Waals surface area contributed by atoms with Crippen LogP contribution < -0.4 is 10.6 Å². The van der Waals surface area contributed by atoms with Crippen molar-refractivity contribution in [1.29, 1.82) is 0 Å². The van der Waals surface area contributed by atoms with Crippen molar-refractivity contribution in [1.82, 2.24) is 15.2 Å². The molecule has 1 unspecified atom stereocenters. The van der Waals surface area contributed by atoms with Crippen molar-refractivity contribution in [3.05, 3.63) is 23.9 Å². The summed E-state index contributed by atoms with van der Waals surface area (Å²) in [6.07, 6.45) is 6.43. The van der Waals surface area contributed by atoms with Gasteiger partial charge < -0.3 is 10.6 Å². The fraction of sp³-hybridized carbons (Fsp3) is 0.625. The maximum absolute atomic E-state index is 12.2. The van der Waals surface area contributed by atoms with Crippen LogP contribution in [0.3, 0.4) is 0 Å². The van der Waals surface area contributed by atoms with E-state index in [0.717, 1.165) is 44.3 Å². The number of amides is 1. The third-order valence-corrected chi connectivity index (χ3v) is 4.20. The van der Waals surface area contributed by atoms with Crippen molar-refractivity contribution in [2.45, 2.75) is 44.7 Å². The molecular formula is C16H24N4O. The van der Waals surface area contributed by atoms with Gasteiger partial charge in [0, 0.05) is 37.9 Å². The lowest BCUT2D eigenvalue weighted by Crippen LogP contribution is -2.37. The molecule has 3 rings (SSSR count). The fourth-order valence-corrected chi connectivity index (χ4v) is 2.83. The number of anilines is 1. The van der Waals surface area contributed by atoms with Crippen LogP contribution in [0, 0.1) is 0 Å². The van der Waals surface area contributed by atoms with Crippen molar-refractivity contribution < 1.29 is 4.79 Å². The monoisotopic (exact) mass is 288 g/mol. The summed E-state index contributed by atoms with van der Waals surface area (Å²) >= 11 is 0. The molecule has 2 fully saturated rings. The number of rotatable bonds is 6. The van der Waals surface area contributed by atoms with E-state index in [1.165, 1.54) is 12.8 Å². The Bertz CT molecular complexity index is 484. The maximum Gasteiger partial charge on any atom is 0.253 e. The molecule has 2 aliphatic rings. The van der Waals surface area contributed by atoms with E-state index in [1.54, 1.807) is 6.20 Å². The van der Waals surface area contributed by atoms with Crippen LogP contribution in [0.2, 0.25) is 0 Å². The first-order valence-electron chi connectivity index (χ1n) is 8.01. The second-order valence-electron chi connectivity index (χ2n) is 6.04. The van der Waals surface area contributed by atoms with Gasteiger partial charge in [-0.2, -0.15) is 0 Å². The van der Waals surface area contributed by atoms with E-state index in [2.05, 4.69) is 27.4 Å². The first kappa shape index (κ1) is 14.3. The molecule has 0 spiro atoms. The van der Waals surface area contributed by atoms with E-state index in [-0.39, 0.29) is 11.9 Å². The molecule has 0 radical (unpaired) electrons. The summed E-state index contributed by atoms with van der Waals surface area (Å²) in [7, 11) is 0. The van der Waals surface area contributed by atoms with E-state index >= 15 is 0 Å². The number of hydrogen-bond donors (Lipinski definition) is 2. The van der Waals surface area contributed by atoms with Crippen LogP contribution in [0.1, 0.15) is 43.0 Å². The minimum Gasteiger partial charge on any atom is -0.370 e. The Morgan fingerprint density at radius 3 is 2.90 bits per heavy atom. The number of aromatic nitrogens is 1. The van der Waals surface area contributed by atoms with Gasteiger partial charge in [-0.15, -0.1) is 0 Å². The molecule has 1 saturated carbocycles. The lowest BCUT2D eigenvalue weighted by Gasteiger charge is -2.15. The highest BCUT2D eigenvalue weighted by molar-refractivity contribution is 5.94. The number of nitrogens with one attached hydrogen (secondary N) is 2. The van der Waals surface area contributed by atoms with Gasteiger partial charge in [0.05, 0.1) is 5.56 Å². The topological polar surface area (TPSA) is 57.3 Å². The number of nitrogens with zero attached hydrogens (tertiary/aromatic N) is 2. The maximum atomic E-state index is 12.2. The van der Waals surface area contributed by atoms with E-state index in [4.69, 9.17) is 0 Å². The van der Waals surface area contributed by atoms with Crippen LogP contribution >= 0.6 is 0 Å². The Labute approximate surface area is 126 Å². The molecule has 114 valence electrons. The van der Waals surface area contributed by atoms with Crippen molar-refractivity contribution in [3.8, 4) is 0 Å². The van der Waals surface area contributed by atoms with E-state index < -0.39 is 0 Å². The lowest BCUT2D eigenvalue weighted by atomic mass is 10.2. The van der Waals surface area contributed by atoms with Crippen LogP contribution in [0.5, 0.6) is 0 Å². The highest BCUT2D eigenvalue weighted by Crippen LogP contribution is 2.29. The van der Waals surface area contributed by atoms with Gasteiger partial charge in [0.15, 0.2) is 0 Å². The molecule has 1 aliphatic heterocycles. The number of hydrogen-bond acceptors (Lipinski definition) is 4. The molecule has 2 heterocycles. The van der Waals surface area contributed by atoms with Crippen molar-refractivity contribution >= 4 is 11.7 Å². The third kappa shape index (κ3) is 3.73. The molecule has 5 nitrogen and oxygen atoms in total. The van der Waals surface area contributed by atoms with Crippen molar-refractivity contribution in [2.75, 3.05) is 25.0 Å². The van der Waals surface area contributed by atoms with E-state index in [9.17, 15) is 4.79 Å². The summed E-state index contributed by atoms with van der Waals surface area (Å²) in [4.78, 5) is 19.0. The summed E-state index contributed by atoms with van der Waals surface area (Å²) in [5.74, 6) is 0.821. The number of likely N-dealkylation sites (tertiary alicyclic amines) is 1. The minimum absolute atomic E-state index is 0.00723. The van der Waals surface area contributed by atoms with E-state index in [1.807, 2.05) is 12.1 Å². The molecule has 1 atom stereocenters. The Morgan fingerprint density at radius 2 is 2.24 bits per heavy atom. The molecule has 5 heteroatoms. The van der Waals surface area contributed by atoms with Crippen LogP contribution in [-0.4, -0.2) is 47.5 Å². The molecule has 1 aliphatic carbocycles. The molecule has 0 bridgehead atoms. The van der Waals surface area contributed by atoms with Gasteiger partial charge in [0.2, 0.25) is 0 Å². The highest BCUT2D eigenvalue weighted by atomic mass is 16.1. The summed E-state index contributed by atoms with van der Waals surface area (Å²) in [5.41, 5.74) is 0.641. The van der Waals surface area contributed by atoms with Crippen LogP contribution in [0.15, 0.2) is 18.3 Å². The summed E-state index contributed by atoms with van der Waals surface area (Å²) in [6, 6.07) is 4.79. The average molecular weight is 288 g/mol. The zero-order valence-corrected chi connectivity index (χ0v) is 12.6. The predicted molar refractivity (Wildman–Crippen MR) is 83.5 cm³/mol. The summed E-state index contributed by atoms with van der Waals surface area (Å²) < 4.78 is 0. The number of carbonyl (C=O) groups excluding carboxylic acids is 1. The zero-order chi connectivity index (χ0) is 14.7. The Kier molecular flexibility index (Phi) is 4.39. The van der Waals surface area contributed by atoms with Gasteiger partial charge in [-0.25, -0.2) is 4.98 Å². The van der Waals surface area contributed by atoms with Crippen LogP contribution in [0.25, 0.3) is 0 Å². The van der Waals surface area contributed by atoms with Gasteiger partial charge in [-0.05, 0) is 37.8 Å². The average Bonchev–Trinajstić information content (AvgIpc) is 3.26. The van der Waals surface area contributed by atoms with Gasteiger partial charge in [-0.1, -0.05) is 6.92 Å². The quantitative estimate of drug-likeness (QED) is 0.839. The van der Waals surface area contributed by atoms with Crippen molar-refractivity contribution in [3.63, 3.8) is 0 Å². The third-order valence-electron chi connectivity index (χ3n) is 4.20. The zero-order valence-electron chi connectivity index (χ0n) is 12.6. The SMILES string of the molecule is CCCNc1ccc(C(=O)NC2CCN(C3CC3)C2)cn1. The van der Waals surface area contributed by atoms with Gasteiger partial charge in [-0.3, -0.25) is 9.69 Å². The first-order chi connectivity index (χ1) is 10.3. The second kappa shape index (κ2) is 6.43. The summed E-state index contributed by atoms with van der Waals surface area (Å²) in [5, 5.41) is 6.34. The largest absolute Gasteiger partial charge is 0.370 e. The molecular weight excluding hydrogens is 264 g/mol. The van der Waals surface area contributed by atoms with Crippen LogP contribution in [-0.2, 0) is 0 Å². The van der Waals surface area contributed by atoms with Crippen molar-refractivity contribution in [2.24, 2.45) is 0 Å². The normalized spacial score (nSPS) is 22.2. The Morgan fingerprint density at radius 1 is 1.38 bits per heavy atom. The molecule has 0 aromatic carbocycles. The molecule has 1 amide bonds. The van der Waals surface area contributed by atoms with Gasteiger partial charge in [0.25, 0.3) is 5.91 Å². The number of pyridine rings is 1. The Hall–Kier alpha value is -1.62. The predicted octanol–water partition coefficient (Wildman–Crippen LogP) is 1.87. The second-order valence-corrected chi connectivity index (χ2v) is 6.04. The standard InChI is InChI=1S/C16H24N4O/c1-2-8-17-15-6-3-12(10-18-15)16(21)19-13-7-9-20(11-13)14-4-5-14/h3,6,10,13-14H,2,4-5,7-9,11H2,1H3,(H,17,18)(H,19,21). The molecule has 1 aromatic heterocycles. The molecule has 1 aromatic rings. The van der Waals surface area contributed by atoms with Crippen LogP contribution in [0.4, 0.5) is 5.82 Å². The summed E-state index contributed by atoms with van der Waals surface area (Å²) in [6.45, 7) is 5.13. The number of carbonyl (C=O) groups is 1. The molecule has 2 N–H and O–H groups in total. The first-order valence-corrected chi connectivity index (χ1v) is 8.01. The highest BCUT2D eigenvalue weighted by Gasteiger charge is 2.34. The smallest absolute Gasteiger partial charge is 0.253 e. The lowest BCUT2D eigenvalue weighted by molar-refractivity contribution is 0.0937. The fourth-order valence-electron chi connectivity index (χ4n) is 2.83. The van der Waals surface area contributed by atoms with E-state index in [0.29, 0.717) is 5.56 Å². The Balaban J connectivity index is 1.50. The molecule has 21 heavy (non-hydrogen) atoms. The van der Waals surface area contributed by atoms with Gasteiger partial charge in [0.1, 0.15) is 5.82 Å². The molecule has 1 saturated heterocycles. The minimum atomic E-state index is -0.00723. The van der Waals surface area contributed by atoms with Gasteiger partial charge >= 0.3 is 0 Å².